The van der Waals surface area contributed by atoms with Crippen LogP contribution in [0, 0.1) is 50.7 Å². The van der Waals surface area contributed by atoms with E-state index in [1.165, 1.54) is 51.4 Å². The lowest BCUT2D eigenvalue weighted by molar-refractivity contribution is -0.156. The third kappa shape index (κ3) is 2.77. The van der Waals surface area contributed by atoms with Gasteiger partial charge in [0.25, 0.3) is 0 Å². The molecular formula is C30H48O2. The molecule has 5 rings (SSSR count). The van der Waals surface area contributed by atoms with Crippen molar-refractivity contribution < 1.29 is 9.90 Å². The summed E-state index contributed by atoms with van der Waals surface area (Å²) in [5, 5.41) is 10.1. The molecule has 180 valence electrons. The number of carbonyl (C=O) groups is 1. The monoisotopic (exact) mass is 440 g/mol. The zero-order valence-corrected chi connectivity index (χ0v) is 21.9. The fraction of sp³-hybridized carbons (Fsp3) is 0.900. The molecule has 1 N–H and O–H groups in total. The van der Waals surface area contributed by atoms with E-state index in [2.05, 4.69) is 40.7 Å². The Morgan fingerprint density at radius 1 is 0.969 bits per heavy atom. The van der Waals surface area contributed by atoms with Crippen LogP contribution in [0.1, 0.15) is 113 Å². The molecule has 0 aromatic rings. The lowest BCUT2D eigenvalue weighted by Gasteiger charge is -2.62. The minimum Gasteiger partial charge on any atom is -0.386 e. The van der Waals surface area contributed by atoms with E-state index in [0.717, 1.165) is 24.7 Å². The number of carbonyl (C=O) groups excluding carboxylic acids is 1. The van der Waals surface area contributed by atoms with Gasteiger partial charge in [-0.05, 0) is 117 Å². The molecule has 2 nitrogen and oxygen atoms in total. The van der Waals surface area contributed by atoms with Gasteiger partial charge in [0.2, 0.25) is 0 Å². The average molecular weight is 441 g/mol. The molecule has 2 heteroatoms. The van der Waals surface area contributed by atoms with Crippen LogP contribution in [-0.4, -0.2) is 16.5 Å². The molecule has 0 aromatic heterocycles. The minimum atomic E-state index is -0.709. The Morgan fingerprint density at radius 3 is 2.31 bits per heavy atom. The number of rotatable bonds is 4. The molecule has 0 aliphatic heterocycles. The van der Waals surface area contributed by atoms with Gasteiger partial charge >= 0.3 is 0 Å². The van der Waals surface area contributed by atoms with Crippen molar-refractivity contribution >= 4 is 5.78 Å². The zero-order valence-electron chi connectivity index (χ0n) is 21.9. The van der Waals surface area contributed by atoms with Gasteiger partial charge < -0.3 is 5.11 Å². The van der Waals surface area contributed by atoms with Crippen molar-refractivity contribution in [1.82, 2.24) is 0 Å². The summed E-state index contributed by atoms with van der Waals surface area (Å²) in [4.78, 5) is 12.8. The predicted octanol–water partition coefficient (Wildman–Crippen LogP) is 7.35. The highest BCUT2D eigenvalue weighted by molar-refractivity contribution is 5.86. The number of fused-ring (bicyclic) bond motifs is 2. The first-order valence-electron chi connectivity index (χ1n) is 13.7. The van der Waals surface area contributed by atoms with Gasteiger partial charge in [0, 0.05) is 11.8 Å². The van der Waals surface area contributed by atoms with Gasteiger partial charge in [0.15, 0.2) is 0 Å². The highest BCUT2D eigenvalue weighted by Gasteiger charge is 2.82. The minimum absolute atomic E-state index is 0.103. The van der Waals surface area contributed by atoms with Crippen LogP contribution in [0.5, 0.6) is 0 Å². The molecule has 8 atom stereocenters. The maximum atomic E-state index is 12.8. The summed E-state index contributed by atoms with van der Waals surface area (Å²) < 4.78 is 0. The van der Waals surface area contributed by atoms with Crippen molar-refractivity contribution in [2.75, 3.05) is 0 Å². The van der Waals surface area contributed by atoms with Crippen LogP contribution in [-0.2, 0) is 4.79 Å². The third-order valence-electron chi connectivity index (χ3n) is 12.6. The summed E-state index contributed by atoms with van der Waals surface area (Å²) in [5.74, 6) is 3.48. The van der Waals surface area contributed by atoms with Gasteiger partial charge in [0.1, 0.15) is 5.78 Å². The summed E-state index contributed by atoms with van der Waals surface area (Å²) in [6.45, 7) is 16.1. The molecule has 5 fully saturated rings. The molecule has 0 saturated heterocycles. The first kappa shape index (κ1) is 23.1. The van der Waals surface area contributed by atoms with E-state index in [4.69, 9.17) is 0 Å². The molecule has 0 bridgehead atoms. The summed E-state index contributed by atoms with van der Waals surface area (Å²) in [6, 6.07) is 0. The van der Waals surface area contributed by atoms with E-state index in [9.17, 15) is 9.90 Å². The predicted molar refractivity (Wildman–Crippen MR) is 131 cm³/mol. The van der Waals surface area contributed by atoms with Crippen molar-refractivity contribution in [3.63, 3.8) is 0 Å². The molecule has 0 radical (unpaired) electrons. The number of allylic oxidation sites excluding steroid dienone is 1. The standard InChI is InChI=1S/C30H48O2/c1-20(9-8-14-25(2,3)32)21-12-15-28(7)23-11-10-22-26(4,5)24(31)13-16-29(22)19-30(23,29)18-17-27(21,28)6/h8,14,20-23,32H,9-13,15-19H2,1-7H3/b14-8+/t20-,21-,22+,23+,27-,28+,29-,30+/m0/s1. The number of Topliss-reactive ketones (excluding diaryl/α,β-unsaturated/α-hetero) is 1. The van der Waals surface area contributed by atoms with Gasteiger partial charge in [-0.1, -0.05) is 46.8 Å². The first-order chi connectivity index (χ1) is 14.7. The fourth-order valence-electron chi connectivity index (χ4n) is 10.9. The maximum absolute atomic E-state index is 12.8. The molecule has 0 amide bonds. The molecular weight excluding hydrogens is 392 g/mol. The van der Waals surface area contributed by atoms with Crippen molar-refractivity contribution in [2.24, 2.45) is 50.7 Å². The van der Waals surface area contributed by atoms with Crippen LogP contribution in [0.3, 0.4) is 0 Å². The molecule has 0 heterocycles. The molecule has 0 aromatic carbocycles. The van der Waals surface area contributed by atoms with E-state index in [0.29, 0.717) is 39.3 Å². The van der Waals surface area contributed by atoms with Crippen molar-refractivity contribution in [1.29, 1.82) is 0 Å². The number of ketones is 1. The summed E-state index contributed by atoms with van der Waals surface area (Å²) >= 11 is 0. The van der Waals surface area contributed by atoms with Crippen LogP contribution in [0.15, 0.2) is 12.2 Å². The summed E-state index contributed by atoms with van der Waals surface area (Å²) in [5.41, 5.74) is 1.09. The summed E-state index contributed by atoms with van der Waals surface area (Å²) in [7, 11) is 0. The smallest absolute Gasteiger partial charge is 0.138 e. The molecule has 0 unspecified atom stereocenters. The Kier molecular flexibility index (Phi) is 4.87. The first-order valence-corrected chi connectivity index (χ1v) is 13.7. The Labute approximate surface area is 197 Å². The van der Waals surface area contributed by atoms with Gasteiger partial charge in [-0.2, -0.15) is 0 Å². The number of hydrogen-bond donors (Lipinski definition) is 1. The lowest BCUT2D eigenvalue weighted by Crippen LogP contribution is -2.57. The van der Waals surface area contributed by atoms with E-state index < -0.39 is 5.60 Å². The Balaban J connectivity index is 1.40. The zero-order chi connectivity index (χ0) is 23.4. The SMILES string of the molecule is C[C@@H](C/C=C/C(C)(C)O)[C@@H]1CC[C@]2(C)[C@H]3CC[C@@H]4C(C)(C)C(=O)CC[C@]45C[C@]35CC[C@@]12C. The highest BCUT2D eigenvalue weighted by Crippen LogP contribution is 2.88. The molecule has 5 aliphatic carbocycles. The van der Waals surface area contributed by atoms with Gasteiger partial charge in [-0.15, -0.1) is 0 Å². The quantitative estimate of drug-likeness (QED) is 0.464. The topological polar surface area (TPSA) is 37.3 Å². The Hall–Kier alpha value is -0.630. The van der Waals surface area contributed by atoms with Crippen LogP contribution >= 0.6 is 0 Å². The summed E-state index contributed by atoms with van der Waals surface area (Å²) in [6.07, 6.45) is 16.9. The Morgan fingerprint density at radius 2 is 1.62 bits per heavy atom. The Bertz CT molecular complexity index is 832. The van der Waals surface area contributed by atoms with Crippen molar-refractivity contribution in [3.8, 4) is 0 Å². The third-order valence-corrected chi connectivity index (χ3v) is 12.6. The van der Waals surface area contributed by atoms with Gasteiger partial charge in [-0.3, -0.25) is 4.79 Å². The van der Waals surface area contributed by atoms with Crippen molar-refractivity contribution in [3.05, 3.63) is 12.2 Å². The second-order valence-corrected chi connectivity index (χ2v) is 14.6. The second-order valence-electron chi connectivity index (χ2n) is 14.6. The molecule has 2 spiro atoms. The molecule has 5 aliphatic rings. The number of hydrogen-bond acceptors (Lipinski definition) is 2. The van der Waals surface area contributed by atoms with Crippen LogP contribution in [0.2, 0.25) is 0 Å². The van der Waals surface area contributed by atoms with Crippen LogP contribution < -0.4 is 0 Å². The maximum Gasteiger partial charge on any atom is 0.138 e. The number of aliphatic hydroxyl groups is 1. The van der Waals surface area contributed by atoms with E-state index in [-0.39, 0.29) is 5.41 Å². The van der Waals surface area contributed by atoms with Gasteiger partial charge in [-0.25, -0.2) is 0 Å². The average Bonchev–Trinajstić information content (AvgIpc) is 3.27. The van der Waals surface area contributed by atoms with E-state index >= 15 is 0 Å². The van der Waals surface area contributed by atoms with E-state index in [1.807, 2.05) is 19.9 Å². The van der Waals surface area contributed by atoms with Crippen LogP contribution in [0.25, 0.3) is 0 Å². The molecule has 5 saturated carbocycles. The largest absolute Gasteiger partial charge is 0.386 e. The van der Waals surface area contributed by atoms with Gasteiger partial charge in [0.05, 0.1) is 5.60 Å². The fourth-order valence-corrected chi connectivity index (χ4v) is 10.9. The van der Waals surface area contributed by atoms with Crippen molar-refractivity contribution in [2.45, 2.75) is 118 Å². The highest BCUT2D eigenvalue weighted by atomic mass is 16.3. The second kappa shape index (κ2) is 6.73. The molecule has 32 heavy (non-hydrogen) atoms. The normalized spacial score (nSPS) is 50.4. The van der Waals surface area contributed by atoms with Crippen LogP contribution in [0.4, 0.5) is 0 Å². The van der Waals surface area contributed by atoms with E-state index in [1.54, 1.807) is 0 Å². The lowest BCUT2D eigenvalue weighted by atomic mass is 9.42.